The molecule has 2 aromatic carbocycles. The van der Waals surface area contributed by atoms with E-state index in [9.17, 15) is 4.79 Å². The Kier molecular flexibility index (Phi) is 5.79. The lowest BCUT2D eigenvalue weighted by Gasteiger charge is -2.35. The van der Waals surface area contributed by atoms with Crippen LogP contribution in [0.25, 0.3) is 5.78 Å². The van der Waals surface area contributed by atoms with Crippen molar-refractivity contribution in [3.05, 3.63) is 87.3 Å². The number of piperazine rings is 1. The molecule has 0 saturated carbocycles. The maximum atomic E-state index is 12.6. The number of H-pyrrole nitrogens is 1. The number of nitrogens with zero attached hydrogens (tertiary/aromatic N) is 5. The molecule has 3 heterocycles. The van der Waals surface area contributed by atoms with E-state index in [1.807, 2.05) is 30.3 Å². The molecule has 5 rings (SSSR count). The number of hydrogen-bond acceptors (Lipinski definition) is 6. The second kappa shape index (κ2) is 9.02. The first kappa shape index (κ1) is 20.5. The lowest BCUT2D eigenvalue weighted by atomic mass is 10.2. The largest absolute Gasteiger partial charge is 0.369 e. The van der Waals surface area contributed by atoms with Crippen LogP contribution in [0.1, 0.15) is 11.3 Å². The summed E-state index contributed by atoms with van der Waals surface area (Å²) < 4.78 is 1.35. The van der Waals surface area contributed by atoms with E-state index in [-0.39, 0.29) is 5.56 Å². The molecule has 0 unspecified atom stereocenters. The fourth-order valence-electron chi connectivity index (χ4n) is 3.94. The highest BCUT2D eigenvalue weighted by Gasteiger charge is 2.18. The van der Waals surface area contributed by atoms with Crippen molar-refractivity contribution in [2.75, 3.05) is 36.4 Å². The Morgan fingerprint density at radius 3 is 2.50 bits per heavy atom. The Labute approximate surface area is 190 Å². The summed E-state index contributed by atoms with van der Waals surface area (Å²) in [5, 5.41) is 6.82. The molecule has 0 amide bonds. The van der Waals surface area contributed by atoms with Gasteiger partial charge in [-0.1, -0.05) is 48.0 Å². The minimum absolute atomic E-state index is 0.175. The third kappa shape index (κ3) is 4.46. The second-order valence-corrected chi connectivity index (χ2v) is 8.24. The van der Waals surface area contributed by atoms with Crippen LogP contribution in [0.15, 0.2) is 65.5 Å². The molecule has 0 aliphatic carbocycles. The van der Waals surface area contributed by atoms with Gasteiger partial charge >= 0.3 is 0 Å². The zero-order valence-electron chi connectivity index (χ0n) is 17.5. The first-order chi connectivity index (χ1) is 15.7. The van der Waals surface area contributed by atoms with Crippen molar-refractivity contribution >= 4 is 29.0 Å². The fourth-order valence-corrected chi connectivity index (χ4v) is 4.14. The maximum Gasteiger partial charge on any atom is 0.274 e. The molecule has 0 spiro atoms. The normalized spacial score (nSPS) is 14.7. The first-order valence-corrected chi connectivity index (χ1v) is 11.0. The average Bonchev–Trinajstić information content (AvgIpc) is 3.23. The van der Waals surface area contributed by atoms with E-state index in [1.165, 1.54) is 10.2 Å². The van der Waals surface area contributed by atoms with Crippen molar-refractivity contribution in [1.29, 1.82) is 0 Å². The van der Waals surface area contributed by atoms with E-state index in [0.29, 0.717) is 29.8 Å². The third-order valence-electron chi connectivity index (χ3n) is 5.67. The van der Waals surface area contributed by atoms with Gasteiger partial charge in [0.25, 0.3) is 11.3 Å². The minimum Gasteiger partial charge on any atom is -0.369 e. The van der Waals surface area contributed by atoms with Gasteiger partial charge in [0, 0.05) is 56.0 Å². The predicted molar refractivity (Wildman–Crippen MR) is 126 cm³/mol. The number of aromatic nitrogens is 4. The van der Waals surface area contributed by atoms with E-state index in [2.05, 4.69) is 54.4 Å². The third-order valence-corrected chi connectivity index (χ3v) is 6.04. The number of fused-ring (bicyclic) bond motifs is 1. The molecule has 0 radical (unpaired) electrons. The van der Waals surface area contributed by atoms with E-state index in [4.69, 9.17) is 11.6 Å². The van der Waals surface area contributed by atoms with Crippen LogP contribution in [0.4, 0.5) is 11.6 Å². The SMILES string of the molecule is O=c1cc(CN2CCN(c3ccccc3)CC2)nc2nc(NCc3ccccc3Cl)[nH]n12. The highest BCUT2D eigenvalue weighted by atomic mass is 35.5. The highest BCUT2D eigenvalue weighted by Crippen LogP contribution is 2.17. The quantitative estimate of drug-likeness (QED) is 0.471. The monoisotopic (exact) mass is 449 g/mol. The zero-order chi connectivity index (χ0) is 21.9. The number of hydrogen-bond donors (Lipinski definition) is 2. The Morgan fingerprint density at radius 2 is 1.72 bits per heavy atom. The molecule has 1 saturated heterocycles. The summed E-state index contributed by atoms with van der Waals surface area (Å²) in [4.78, 5) is 26.3. The van der Waals surface area contributed by atoms with Crippen LogP contribution in [0.3, 0.4) is 0 Å². The molecule has 32 heavy (non-hydrogen) atoms. The van der Waals surface area contributed by atoms with Crippen LogP contribution >= 0.6 is 11.6 Å². The number of rotatable bonds is 6. The Bertz CT molecular complexity index is 1260. The molecule has 0 atom stereocenters. The van der Waals surface area contributed by atoms with Gasteiger partial charge in [-0.3, -0.25) is 14.8 Å². The minimum atomic E-state index is -0.175. The van der Waals surface area contributed by atoms with Crippen LogP contribution in [0.5, 0.6) is 0 Å². The van der Waals surface area contributed by atoms with Crippen molar-refractivity contribution < 1.29 is 0 Å². The Hall–Kier alpha value is -3.36. The topological polar surface area (TPSA) is 81.6 Å². The van der Waals surface area contributed by atoms with Crippen LogP contribution in [-0.2, 0) is 13.1 Å². The summed E-state index contributed by atoms with van der Waals surface area (Å²) in [5.41, 5.74) is 2.75. The number of aromatic amines is 1. The molecule has 164 valence electrons. The van der Waals surface area contributed by atoms with Gasteiger partial charge in [0.2, 0.25) is 5.95 Å². The van der Waals surface area contributed by atoms with Crippen molar-refractivity contribution in [3.8, 4) is 0 Å². The molecule has 1 aliphatic rings. The van der Waals surface area contributed by atoms with Crippen LogP contribution in [0, 0.1) is 0 Å². The number of benzene rings is 2. The van der Waals surface area contributed by atoms with Gasteiger partial charge in [-0.2, -0.15) is 9.50 Å². The lowest BCUT2D eigenvalue weighted by molar-refractivity contribution is 0.247. The highest BCUT2D eigenvalue weighted by molar-refractivity contribution is 6.31. The Morgan fingerprint density at radius 1 is 0.969 bits per heavy atom. The van der Waals surface area contributed by atoms with Gasteiger partial charge < -0.3 is 10.2 Å². The van der Waals surface area contributed by atoms with E-state index in [0.717, 1.165) is 37.4 Å². The Balaban J connectivity index is 1.24. The number of nitrogens with one attached hydrogen (secondary N) is 2. The van der Waals surface area contributed by atoms with Gasteiger partial charge in [-0.25, -0.2) is 4.98 Å². The van der Waals surface area contributed by atoms with E-state index in [1.54, 1.807) is 6.07 Å². The second-order valence-electron chi connectivity index (χ2n) is 7.84. The molecule has 1 fully saturated rings. The standard InChI is InChI=1S/C23H24ClN7O/c24-20-9-5-4-6-17(20)15-25-22-27-23-26-18(14-21(32)31(23)28-22)16-29-10-12-30(13-11-29)19-7-2-1-3-8-19/h1-9,14H,10-13,15-16H2,(H2,25,26,27,28). The molecule has 2 aromatic heterocycles. The zero-order valence-corrected chi connectivity index (χ0v) is 18.3. The van der Waals surface area contributed by atoms with Crippen molar-refractivity contribution in [2.45, 2.75) is 13.1 Å². The van der Waals surface area contributed by atoms with Crippen LogP contribution in [0.2, 0.25) is 5.02 Å². The summed E-state index contributed by atoms with van der Waals surface area (Å²) in [6.07, 6.45) is 0. The molecular formula is C23H24ClN7O. The van der Waals surface area contributed by atoms with E-state index >= 15 is 0 Å². The van der Waals surface area contributed by atoms with Gasteiger partial charge in [-0.15, -0.1) is 0 Å². The average molecular weight is 450 g/mol. The van der Waals surface area contributed by atoms with Gasteiger partial charge in [-0.05, 0) is 23.8 Å². The summed E-state index contributed by atoms with van der Waals surface area (Å²) in [5.74, 6) is 0.834. The fraction of sp³-hybridized carbons (Fsp3) is 0.261. The van der Waals surface area contributed by atoms with Gasteiger partial charge in [0.05, 0.1) is 5.69 Å². The summed E-state index contributed by atoms with van der Waals surface area (Å²) >= 11 is 6.21. The van der Waals surface area contributed by atoms with E-state index < -0.39 is 0 Å². The summed E-state index contributed by atoms with van der Waals surface area (Å²) in [7, 11) is 0. The number of anilines is 2. The molecule has 8 nitrogen and oxygen atoms in total. The lowest BCUT2D eigenvalue weighted by Crippen LogP contribution is -2.46. The van der Waals surface area contributed by atoms with Crippen molar-refractivity contribution in [1.82, 2.24) is 24.5 Å². The predicted octanol–water partition coefficient (Wildman–Crippen LogP) is 3.01. The molecular weight excluding hydrogens is 426 g/mol. The maximum absolute atomic E-state index is 12.6. The summed E-state index contributed by atoms with van der Waals surface area (Å²) in [6, 6.07) is 19.6. The van der Waals surface area contributed by atoms with Crippen LogP contribution in [-0.4, -0.2) is 50.7 Å². The molecule has 9 heteroatoms. The van der Waals surface area contributed by atoms with Gasteiger partial charge in [0.1, 0.15) is 0 Å². The smallest absolute Gasteiger partial charge is 0.274 e. The van der Waals surface area contributed by atoms with Crippen molar-refractivity contribution in [2.24, 2.45) is 0 Å². The molecule has 4 aromatic rings. The molecule has 0 bridgehead atoms. The summed E-state index contributed by atoms with van der Waals surface area (Å²) in [6.45, 7) is 4.85. The molecule has 2 N–H and O–H groups in total. The van der Waals surface area contributed by atoms with Crippen molar-refractivity contribution in [3.63, 3.8) is 0 Å². The number of halogens is 1. The number of para-hydroxylation sites is 1. The molecule has 1 aliphatic heterocycles. The van der Waals surface area contributed by atoms with Crippen LogP contribution < -0.4 is 15.8 Å². The first-order valence-electron chi connectivity index (χ1n) is 10.6. The van der Waals surface area contributed by atoms with Gasteiger partial charge in [0.15, 0.2) is 0 Å².